The zero-order valence-electron chi connectivity index (χ0n) is 18.5. The molecule has 0 spiro atoms. The lowest BCUT2D eigenvalue weighted by Gasteiger charge is -2.38. The minimum absolute atomic E-state index is 0.0399. The van der Waals surface area contributed by atoms with Crippen molar-refractivity contribution >= 4 is 17.7 Å². The van der Waals surface area contributed by atoms with E-state index in [2.05, 4.69) is 70.2 Å². The molecule has 1 heterocycles. The first-order chi connectivity index (χ1) is 15.2. The van der Waals surface area contributed by atoms with Crippen molar-refractivity contribution in [2.24, 2.45) is 4.99 Å². The van der Waals surface area contributed by atoms with Crippen molar-refractivity contribution in [3.63, 3.8) is 0 Å². The monoisotopic (exact) mass is 439 g/mol. The van der Waals surface area contributed by atoms with Crippen LogP contribution in [0.5, 0.6) is 5.75 Å². The van der Waals surface area contributed by atoms with E-state index in [4.69, 9.17) is 9.47 Å². The van der Waals surface area contributed by atoms with Crippen LogP contribution >= 0.6 is 11.8 Å². The van der Waals surface area contributed by atoms with Crippen LogP contribution in [0.25, 0.3) is 0 Å². The summed E-state index contributed by atoms with van der Waals surface area (Å²) in [6.45, 7) is 3.33. The van der Waals surface area contributed by atoms with Gasteiger partial charge in [-0.25, -0.2) is 0 Å². The Labute approximate surface area is 190 Å². The van der Waals surface area contributed by atoms with Crippen LogP contribution in [0, 0.1) is 0 Å². The number of methoxy groups -OCH3 is 1. The van der Waals surface area contributed by atoms with Crippen LogP contribution in [0.15, 0.2) is 64.5 Å². The van der Waals surface area contributed by atoms with Crippen LogP contribution in [0.4, 0.5) is 0 Å². The van der Waals surface area contributed by atoms with Crippen molar-refractivity contribution in [1.82, 2.24) is 10.6 Å². The molecule has 0 atom stereocenters. The predicted molar refractivity (Wildman–Crippen MR) is 128 cm³/mol. The Balaban J connectivity index is 1.37. The Morgan fingerprint density at radius 3 is 2.26 bits per heavy atom. The van der Waals surface area contributed by atoms with E-state index in [9.17, 15) is 0 Å². The third-order valence-electron chi connectivity index (χ3n) is 6.43. The van der Waals surface area contributed by atoms with E-state index < -0.39 is 0 Å². The number of nitrogens with zero attached hydrogens (tertiary/aromatic N) is 1. The van der Waals surface area contributed by atoms with E-state index in [0.717, 1.165) is 50.9 Å². The first kappa shape index (κ1) is 22.0. The van der Waals surface area contributed by atoms with Crippen LogP contribution < -0.4 is 15.4 Å². The fourth-order valence-corrected chi connectivity index (χ4v) is 5.43. The molecule has 5 nitrogen and oxygen atoms in total. The molecule has 0 radical (unpaired) electrons. The molecule has 166 valence electrons. The average molecular weight is 440 g/mol. The summed E-state index contributed by atoms with van der Waals surface area (Å²) in [4.78, 5) is 5.83. The molecule has 6 heteroatoms. The Kier molecular flexibility index (Phi) is 7.08. The Bertz CT molecular complexity index is 860. The number of hydrogen-bond donors (Lipinski definition) is 2. The van der Waals surface area contributed by atoms with Crippen molar-refractivity contribution in [2.75, 3.05) is 40.5 Å². The first-order valence-electron chi connectivity index (χ1n) is 11.1. The molecular weight excluding hydrogens is 406 g/mol. The SMILES string of the molecule is CN=C(NCC1(Sc2ccccc2)CC1)NCC1(c2ccc(OC)cc2)CCOCC1. The molecular formula is C25H33N3O2S. The maximum atomic E-state index is 5.68. The van der Waals surface area contributed by atoms with Crippen LogP contribution in [0.1, 0.15) is 31.2 Å². The van der Waals surface area contributed by atoms with Crippen LogP contribution in [-0.2, 0) is 10.2 Å². The fourth-order valence-electron chi connectivity index (χ4n) is 4.19. The molecule has 1 saturated heterocycles. The van der Waals surface area contributed by atoms with E-state index in [-0.39, 0.29) is 10.2 Å². The summed E-state index contributed by atoms with van der Waals surface area (Å²) in [7, 11) is 3.56. The Morgan fingerprint density at radius 2 is 1.65 bits per heavy atom. The van der Waals surface area contributed by atoms with E-state index in [0.29, 0.717) is 0 Å². The Hall–Kier alpha value is -2.18. The minimum atomic E-state index is 0.0399. The van der Waals surface area contributed by atoms with Gasteiger partial charge in [-0.3, -0.25) is 4.99 Å². The number of rotatable bonds is 8. The van der Waals surface area contributed by atoms with Gasteiger partial charge >= 0.3 is 0 Å². The predicted octanol–water partition coefficient (Wildman–Crippen LogP) is 4.23. The molecule has 4 rings (SSSR count). The molecule has 0 aromatic heterocycles. The summed E-state index contributed by atoms with van der Waals surface area (Å²) in [5, 5.41) is 7.20. The number of aliphatic imine (C=N–C) groups is 1. The van der Waals surface area contributed by atoms with Gasteiger partial charge in [-0.1, -0.05) is 30.3 Å². The quantitative estimate of drug-likeness (QED) is 0.476. The highest BCUT2D eigenvalue weighted by Gasteiger charge is 2.44. The third kappa shape index (κ3) is 5.55. The van der Waals surface area contributed by atoms with Gasteiger partial charge in [0.2, 0.25) is 0 Å². The molecule has 2 fully saturated rings. The zero-order chi connectivity index (χ0) is 21.6. The lowest BCUT2D eigenvalue weighted by atomic mass is 9.74. The van der Waals surface area contributed by atoms with Gasteiger partial charge in [-0.05, 0) is 55.5 Å². The summed E-state index contributed by atoms with van der Waals surface area (Å²) in [5.74, 6) is 1.77. The van der Waals surface area contributed by atoms with Crippen LogP contribution in [0.2, 0.25) is 0 Å². The van der Waals surface area contributed by atoms with Gasteiger partial charge in [0.25, 0.3) is 0 Å². The van der Waals surface area contributed by atoms with Gasteiger partial charge < -0.3 is 20.1 Å². The maximum Gasteiger partial charge on any atom is 0.191 e. The molecule has 31 heavy (non-hydrogen) atoms. The molecule has 0 amide bonds. The van der Waals surface area contributed by atoms with Crippen LogP contribution in [-0.4, -0.2) is 51.2 Å². The van der Waals surface area contributed by atoms with Crippen molar-refractivity contribution in [3.05, 3.63) is 60.2 Å². The van der Waals surface area contributed by atoms with Crippen LogP contribution in [0.3, 0.4) is 0 Å². The molecule has 1 aliphatic carbocycles. The van der Waals surface area contributed by atoms with Crippen molar-refractivity contribution in [2.45, 2.75) is 40.7 Å². The van der Waals surface area contributed by atoms with E-state index >= 15 is 0 Å². The highest BCUT2D eigenvalue weighted by Crippen LogP contribution is 2.51. The zero-order valence-corrected chi connectivity index (χ0v) is 19.3. The lowest BCUT2D eigenvalue weighted by molar-refractivity contribution is 0.0513. The second kappa shape index (κ2) is 9.96. The number of ether oxygens (including phenoxy) is 2. The summed E-state index contributed by atoms with van der Waals surface area (Å²) >= 11 is 1.98. The molecule has 1 saturated carbocycles. The van der Waals surface area contributed by atoms with E-state index in [1.54, 1.807) is 7.11 Å². The lowest BCUT2D eigenvalue weighted by Crippen LogP contribution is -2.49. The summed E-state index contributed by atoms with van der Waals surface area (Å²) in [6, 6.07) is 19.2. The van der Waals surface area contributed by atoms with Gasteiger partial charge in [0.1, 0.15) is 5.75 Å². The van der Waals surface area contributed by atoms with E-state index in [1.165, 1.54) is 23.3 Å². The second-order valence-electron chi connectivity index (χ2n) is 8.50. The topological polar surface area (TPSA) is 54.9 Å². The Morgan fingerprint density at radius 1 is 0.968 bits per heavy atom. The summed E-state index contributed by atoms with van der Waals surface area (Å²) < 4.78 is 11.3. The van der Waals surface area contributed by atoms with Gasteiger partial charge in [0.05, 0.1) is 7.11 Å². The number of hydrogen-bond acceptors (Lipinski definition) is 4. The summed E-state index contributed by atoms with van der Waals surface area (Å²) in [6.07, 6.45) is 4.47. The number of guanidine groups is 1. The average Bonchev–Trinajstić information content (AvgIpc) is 3.60. The second-order valence-corrected chi connectivity index (χ2v) is 10.0. The molecule has 2 aromatic carbocycles. The largest absolute Gasteiger partial charge is 0.497 e. The minimum Gasteiger partial charge on any atom is -0.497 e. The maximum absolute atomic E-state index is 5.68. The highest BCUT2D eigenvalue weighted by molar-refractivity contribution is 8.01. The molecule has 0 bridgehead atoms. The number of benzene rings is 2. The number of thioether (sulfide) groups is 1. The highest BCUT2D eigenvalue weighted by atomic mass is 32.2. The normalized spacial score (nSPS) is 19.5. The molecule has 1 aliphatic heterocycles. The molecule has 2 aliphatic rings. The third-order valence-corrected chi connectivity index (χ3v) is 7.93. The van der Waals surface area contributed by atoms with Gasteiger partial charge in [0, 0.05) is 48.4 Å². The molecule has 0 unspecified atom stereocenters. The number of nitrogens with one attached hydrogen (secondary N) is 2. The van der Waals surface area contributed by atoms with Gasteiger partial charge in [-0.2, -0.15) is 0 Å². The summed E-state index contributed by atoms with van der Waals surface area (Å²) in [5.41, 5.74) is 1.37. The van der Waals surface area contributed by atoms with Gasteiger partial charge in [-0.15, -0.1) is 11.8 Å². The first-order valence-corrected chi connectivity index (χ1v) is 11.9. The fraction of sp³-hybridized carbons (Fsp3) is 0.480. The van der Waals surface area contributed by atoms with Gasteiger partial charge in [0.15, 0.2) is 5.96 Å². The smallest absolute Gasteiger partial charge is 0.191 e. The standard InChI is InChI=1S/C25H33N3O2S/c1-26-23(28-19-25(12-13-25)31-22-6-4-3-5-7-22)27-18-24(14-16-30-17-15-24)20-8-10-21(29-2)11-9-20/h3-11H,12-19H2,1-2H3,(H2,26,27,28). The van der Waals surface area contributed by atoms with Crippen molar-refractivity contribution in [3.8, 4) is 5.75 Å². The molecule has 2 N–H and O–H groups in total. The molecule has 2 aromatic rings. The van der Waals surface area contributed by atoms with Crippen molar-refractivity contribution in [1.29, 1.82) is 0 Å². The van der Waals surface area contributed by atoms with Crippen molar-refractivity contribution < 1.29 is 9.47 Å². The van der Waals surface area contributed by atoms with E-state index in [1.807, 2.05) is 18.8 Å².